The van der Waals surface area contributed by atoms with E-state index in [1.165, 1.54) is 0 Å². The van der Waals surface area contributed by atoms with E-state index < -0.39 is 0 Å². The summed E-state index contributed by atoms with van der Waals surface area (Å²) < 4.78 is 16.1. The second kappa shape index (κ2) is 6.70. The lowest BCUT2D eigenvalue weighted by Gasteiger charge is -2.20. The lowest BCUT2D eigenvalue weighted by Crippen LogP contribution is -2.13. The van der Waals surface area contributed by atoms with Crippen LogP contribution >= 0.6 is 11.6 Å². The molecular weight excluding hydrogens is 290 g/mol. The van der Waals surface area contributed by atoms with Crippen LogP contribution in [0.2, 0.25) is 5.02 Å². The predicted molar refractivity (Wildman–Crippen MR) is 83.6 cm³/mol. The maximum Gasteiger partial charge on any atom is 0.203 e. The fourth-order valence-electron chi connectivity index (χ4n) is 2.22. The third-order valence-corrected chi connectivity index (χ3v) is 3.55. The molecule has 2 aromatic carbocycles. The van der Waals surface area contributed by atoms with Gasteiger partial charge in [0.15, 0.2) is 11.5 Å². The normalized spacial score (nSPS) is 11.9. The van der Waals surface area contributed by atoms with Gasteiger partial charge in [0.05, 0.1) is 27.4 Å². The number of hydrogen-bond acceptors (Lipinski definition) is 4. The van der Waals surface area contributed by atoms with Crippen LogP contribution in [0.5, 0.6) is 17.2 Å². The topological polar surface area (TPSA) is 53.7 Å². The van der Waals surface area contributed by atoms with Gasteiger partial charge in [-0.3, -0.25) is 0 Å². The van der Waals surface area contributed by atoms with Gasteiger partial charge in [0.25, 0.3) is 0 Å². The third-order valence-electron chi connectivity index (χ3n) is 3.30. The van der Waals surface area contributed by atoms with Crippen molar-refractivity contribution in [3.63, 3.8) is 0 Å². The van der Waals surface area contributed by atoms with Crippen LogP contribution in [0, 0.1) is 0 Å². The van der Waals surface area contributed by atoms with Crippen molar-refractivity contribution in [2.24, 2.45) is 5.73 Å². The zero-order valence-corrected chi connectivity index (χ0v) is 13.0. The highest BCUT2D eigenvalue weighted by Crippen LogP contribution is 2.42. The Kier molecular flexibility index (Phi) is 4.94. The zero-order valence-electron chi connectivity index (χ0n) is 12.2. The average Bonchev–Trinajstić information content (AvgIpc) is 2.53. The van der Waals surface area contributed by atoms with E-state index in [1.807, 2.05) is 36.4 Å². The molecule has 0 aliphatic rings. The van der Waals surface area contributed by atoms with Gasteiger partial charge in [0.2, 0.25) is 5.75 Å². The first kappa shape index (κ1) is 15.5. The summed E-state index contributed by atoms with van der Waals surface area (Å²) in [5, 5.41) is 0.672. The SMILES string of the molecule is COc1ccc(C(N)c2ccc(Cl)cc2)c(OC)c1OC. The van der Waals surface area contributed by atoms with Crippen LogP contribution in [0.3, 0.4) is 0 Å². The van der Waals surface area contributed by atoms with Crippen LogP contribution in [0.4, 0.5) is 0 Å². The Balaban J connectivity index is 2.50. The molecular formula is C16H18ClNO3. The van der Waals surface area contributed by atoms with Crippen molar-refractivity contribution < 1.29 is 14.2 Å². The molecule has 5 heteroatoms. The Morgan fingerprint density at radius 2 is 1.48 bits per heavy atom. The standard InChI is InChI=1S/C16H18ClNO3/c1-19-13-9-8-12(15(20-2)16(13)21-3)14(18)10-4-6-11(17)7-5-10/h4-9,14H,18H2,1-3H3. The van der Waals surface area contributed by atoms with Crippen LogP contribution in [0.25, 0.3) is 0 Å². The van der Waals surface area contributed by atoms with Crippen molar-refractivity contribution in [3.05, 3.63) is 52.5 Å². The quantitative estimate of drug-likeness (QED) is 0.919. The van der Waals surface area contributed by atoms with E-state index in [4.69, 9.17) is 31.5 Å². The molecule has 0 saturated carbocycles. The maximum atomic E-state index is 6.34. The molecule has 112 valence electrons. The predicted octanol–water partition coefficient (Wildman–Crippen LogP) is 3.41. The Bertz CT molecular complexity index is 614. The zero-order chi connectivity index (χ0) is 15.4. The van der Waals surface area contributed by atoms with Crippen LogP contribution < -0.4 is 19.9 Å². The molecule has 0 fully saturated rings. The number of halogens is 1. The maximum absolute atomic E-state index is 6.34. The van der Waals surface area contributed by atoms with Gasteiger partial charge in [-0.2, -0.15) is 0 Å². The number of rotatable bonds is 5. The van der Waals surface area contributed by atoms with E-state index in [2.05, 4.69) is 0 Å². The Hall–Kier alpha value is -1.91. The summed E-state index contributed by atoms with van der Waals surface area (Å²) >= 11 is 5.91. The lowest BCUT2D eigenvalue weighted by atomic mass is 9.98. The minimum Gasteiger partial charge on any atom is -0.493 e. The van der Waals surface area contributed by atoms with Crippen LogP contribution in [0.1, 0.15) is 17.2 Å². The molecule has 0 amide bonds. The van der Waals surface area contributed by atoms with E-state index in [9.17, 15) is 0 Å². The minimum absolute atomic E-state index is 0.350. The van der Waals surface area contributed by atoms with Gasteiger partial charge in [-0.05, 0) is 29.8 Å². The fourth-order valence-corrected chi connectivity index (χ4v) is 2.34. The van der Waals surface area contributed by atoms with E-state index in [-0.39, 0.29) is 6.04 Å². The summed E-state index contributed by atoms with van der Waals surface area (Å²) in [7, 11) is 4.73. The van der Waals surface area contributed by atoms with Crippen molar-refractivity contribution in [2.75, 3.05) is 21.3 Å². The second-order valence-electron chi connectivity index (χ2n) is 4.45. The summed E-state index contributed by atoms with van der Waals surface area (Å²) in [6.07, 6.45) is 0. The summed E-state index contributed by atoms with van der Waals surface area (Å²) in [6, 6.07) is 10.7. The molecule has 21 heavy (non-hydrogen) atoms. The fraction of sp³-hybridized carbons (Fsp3) is 0.250. The van der Waals surface area contributed by atoms with Crippen LogP contribution in [-0.2, 0) is 0 Å². The largest absolute Gasteiger partial charge is 0.493 e. The molecule has 0 saturated heterocycles. The second-order valence-corrected chi connectivity index (χ2v) is 4.89. The van der Waals surface area contributed by atoms with Gasteiger partial charge in [-0.15, -0.1) is 0 Å². The number of benzene rings is 2. The van der Waals surface area contributed by atoms with E-state index >= 15 is 0 Å². The van der Waals surface area contributed by atoms with Gasteiger partial charge >= 0.3 is 0 Å². The first-order valence-corrected chi connectivity index (χ1v) is 6.80. The molecule has 1 atom stereocenters. The average molecular weight is 308 g/mol. The van der Waals surface area contributed by atoms with E-state index in [0.717, 1.165) is 11.1 Å². The molecule has 0 aromatic heterocycles. The lowest BCUT2D eigenvalue weighted by molar-refractivity contribution is 0.321. The Labute approximate surface area is 129 Å². The highest BCUT2D eigenvalue weighted by molar-refractivity contribution is 6.30. The molecule has 2 rings (SSSR count). The van der Waals surface area contributed by atoms with Gasteiger partial charge in [0.1, 0.15) is 0 Å². The number of hydrogen-bond donors (Lipinski definition) is 1. The molecule has 0 radical (unpaired) electrons. The van der Waals surface area contributed by atoms with E-state index in [0.29, 0.717) is 22.3 Å². The molecule has 0 aliphatic carbocycles. The van der Waals surface area contributed by atoms with Crippen molar-refractivity contribution in [1.82, 2.24) is 0 Å². The molecule has 4 nitrogen and oxygen atoms in total. The van der Waals surface area contributed by atoms with E-state index in [1.54, 1.807) is 21.3 Å². The molecule has 1 unspecified atom stereocenters. The molecule has 0 spiro atoms. The molecule has 0 bridgehead atoms. The smallest absolute Gasteiger partial charge is 0.203 e. The van der Waals surface area contributed by atoms with Gasteiger partial charge in [0, 0.05) is 10.6 Å². The van der Waals surface area contributed by atoms with Crippen LogP contribution in [-0.4, -0.2) is 21.3 Å². The molecule has 2 N–H and O–H groups in total. The summed E-state index contributed by atoms with van der Waals surface area (Å²) in [6.45, 7) is 0. The highest BCUT2D eigenvalue weighted by Gasteiger charge is 2.21. The number of methoxy groups -OCH3 is 3. The monoisotopic (exact) mass is 307 g/mol. The first-order valence-electron chi connectivity index (χ1n) is 6.42. The summed E-state index contributed by atoms with van der Waals surface area (Å²) in [5.41, 5.74) is 8.09. The van der Waals surface area contributed by atoms with Crippen molar-refractivity contribution >= 4 is 11.6 Å². The van der Waals surface area contributed by atoms with Crippen molar-refractivity contribution in [2.45, 2.75) is 6.04 Å². The molecule has 0 aliphatic heterocycles. The third kappa shape index (κ3) is 3.06. The molecule has 0 heterocycles. The highest BCUT2D eigenvalue weighted by atomic mass is 35.5. The van der Waals surface area contributed by atoms with Gasteiger partial charge < -0.3 is 19.9 Å². The Morgan fingerprint density at radius 1 is 0.857 bits per heavy atom. The van der Waals surface area contributed by atoms with Crippen LogP contribution in [0.15, 0.2) is 36.4 Å². The summed E-state index contributed by atoms with van der Waals surface area (Å²) in [5.74, 6) is 1.70. The van der Waals surface area contributed by atoms with Crippen molar-refractivity contribution in [1.29, 1.82) is 0 Å². The van der Waals surface area contributed by atoms with Crippen molar-refractivity contribution in [3.8, 4) is 17.2 Å². The minimum atomic E-state index is -0.350. The van der Waals surface area contributed by atoms with Gasteiger partial charge in [-0.25, -0.2) is 0 Å². The molecule has 2 aromatic rings. The first-order chi connectivity index (χ1) is 10.1. The summed E-state index contributed by atoms with van der Waals surface area (Å²) in [4.78, 5) is 0. The number of nitrogens with two attached hydrogens (primary N) is 1. The number of ether oxygens (including phenoxy) is 3. The van der Waals surface area contributed by atoms with Gasteiger partial charge in [-0.1, -0.05) is 23.7 Å². The Morgan fingerprint density at radius 3 is 2.00 bits per heavy atom.